The molecule has 0 radical (unpaired) electrons. The maximum absolute atomic E-state index is 10.2. The van der Waals surface area contributed by atoms with Crippen LogP contribution in [0.15, 0.2) is 48.1 Å². The summed E-state index contributed by atoms with van der Waals surface area (Å²) < 4.78 is 0. The van der Waals surface area contributed by atoms with Crippen molar-refractivity contribution in [2.45, 2.75) is 26.4 Å². The van der Waals surface area contributed by atoms with E-state index in [4.69, 9.17) is 11.6 Å². The fourth-order valence-corrected chi connectivity index (χ4v) is 1.69. The topological polar surface area (TPSA) is 20.2 Å². The van der Waals surface area contributed by atoms with Crippen LogP contribution in [0, 0.1) is 0 Å². The molecular weight excluding hydrogens is 220 g/mol. The third kappa shape index (κ3) is 3.22. The smallest absolute Gasteiger partial charge is 0.104 e. The normalized spacial score (nSPS) is 13.6. The molecule has 1 nitrogen and oxygen atoms in total. The fourth-order valence-electron chi connectivity index (χ4n) is 1.56. The molecule has 0 aliphatic rings. The quantitative estimate of drug-likeness (QED) is 0.774. The second-order valence-corrected chi connectivity index (χ2v) is 4.24. The van der Waals surface area contributed by atoms with Crippen molar-refractivity contribution in [3.8, 4) is 0 Å². The molecule has 0 saturated carbocycles. The molecule has 2 heteroatoms. The Morgan fingerprint density at radius 2 is 2.00 bits per heavy atom. The first-order valence-electron chi connectivity index (χ1n) is 5.35. The lowest BCUT2D eigenvalue weighted by Crippen LogP contribution is -2.02. The standard InChI is InChI=1S/C14H17ClO/c1-4-5-13(10(2)3)14(16)11-6-8-12(15)9-7-11/h5-9,14,16H,2,4H2,1,3H3/b13-5+/t14-/m0/s1. The minimum atomic E-state index is -0.616. The summed E-state index contributed by atoms with van der Waals surface area (Å²) in [7, 11) is 0. The molecule has 0 fully saturated rings. The molecule has 0 amide bonds. The third-order valence-electron chi connectivity index (χ3n) is 2.40. The lowest BCUT2D eigenvalue weighted by atomic mass is 9.96. The maximum Gasteiger partial charge on any atom is 0.104 e. The summed E-state index contributed by atoms with van der Waals surface area (Å²) >= 11 is 5.81. The summed E-state index contributed by atoms with van der Waals surface area (Å²) in [6.07, 6.45) is 2.27. The van der Waals surface area contributed by atoms with Crippen LogP contribution >= 0.6 is 11.6 Å². The number of hydrogen-bond donors (Lipinski definition) is 1. The molecule has 0 aromatic heterocycles. The Morgan fingerprint density at radius 1 is 1.44 bits per heavy atom. The van der Waals surface area contributed by atoms with E-state index in [1.807, 2.05) is 32.1 Å². The van der Waals surface area contributed by atoms with E-state index in [2.05, 4.69) is 6.58 Å². The van der Waals surface area contributed by atoms with Gasteiger partial charge in [0.25, 0.3) is 0 Å². The zero-order valence-electron chi connectivity index (χ0n) is 9.70. The van der Waals surface area contributed by atoms with Gasteiger partial charge in [-0.15, -0.1) is 0 Å². The molecular formula is C14H17ClO. The third-order valence-corrected chi connectivity index (χ3v) is 2.65. The van der Waals surface area contributed by atoms with Crippen LogP contribution in [0.1, 0.15) is 31.9 Å². The molecule has 0 bridgehead atoms. The highest BCUT2D eigenvalue weighted by atomic mass is 35.5. The average Bonchev–Trinajstić information content (AvgIpc) is 2.25. The van der Waals surface area contributed by atoms with E-state index >= 15 is 0 Å². The lowest BCUT2D eigenvalue weighted by molar-refractivity contribution is 0.217. The van der Waals surface area contributed by atoms with Gasteiger partial charge in [-0.25, -0.2) is 0 Å². The van der Waals surface area contributed by atoms with Gasteiger partial charge in [-0.2, -0.15) is 0 Å². The van der Waals surface area contributed by atoms with Crippen molar-refractivity contribution in [2.24, 2.45) is 0 Å². The number of benzene rings is 1. The number of halogens is 1. The monoisotopic (exact) mass is 236 g/mol. The van der Waals surface area contributed by atoms with Gasteiger partial charge in [0.2, 0.25) is 0 Å². The van der Waals surface area contributed by atoms with Crippen LogP contribution in [-0.4, -0.2) is 5.11 Å². The molecule has 0 spiro atoms. The van der Waals surface area contributed by atoms with Crippen LogP contribution in [0.25, 0.3) is 0 Å². The zero-order valence-corrected chi connectivity index (χ0v) is 10.5. The molecule has 0 saturated heterocycles. The van der Waals surface area contributed by atoms with Crippen LogP contribution in [0.5, 0.6) is 0 Å². The van der Waals surface area contributed by atoms with Gasteiger partial charge in [-0.3, -0.25) is 0 Å². The van der Waals surface area contributed by atoms with E-state index in [0.717, 1.165) is 23.1 Å². The highest BCUT2D eigenvalue weighted by molar-refractivity contribution is 6.30. The molecule has 1 N–H and O–H groups in total. The van der Waals surface area contributed by atoms with Crippen molar-refractivity contribution < 1.29 is 5.11 Å². The first kappa shape index (κ1) is 13.0. The van der Waals surface area contributed by atoms with Gasteiger partial charge in [0.1, 0.15) is 6.10 Å². The van der Waals surface area contributed by atoms with E-state index in [9.17, 15) is 5.11 Å². The first-order valence-corrected chi connectivity index (χ1v) is 5.73. The highest BCUT2D eigenvalue weighted by Gasteiger charge is 2.13. The van der Waals surface area contributed by atoms with Gasteiger partial charge in [0, 0.05) is 5.02 Å². The zero-order chi connectivity index (χ0) is 12.1. The van der Waals surface area contributed by atoms with Crippen LogP contribution < -0.4 is 0 Å². The van der Waals surface area contributed by atoms with E-state index in [-0.39, 0.29) is 0 Å². The van der Waals surface area contributed by atoms with Crippen molar-refractivity contribution in [3.63, 3.8) is 0 Å². The van der Waals surface area contributed by atoms with E-state index < -0.39 is 6.10 Å². The SMILES string of the molecule is C=C(C)/C(=C\CC)[C@@H](O)c1ccc(Cl)cc1. The van der Waals surface area contributed by atoms with E-state index in [1.165, 1.54) is 0 Å². The summed E-state index contributed by atoms with van der Waals surface area (Å²) in [5.41, 5.74) is 2.61. The van der Waals surface area contributed by atoms with Crippen LogP contribution in [0.3, 0.4) is 0 Å². The summed E-state index contributed by atoms with van der Waals surface area (Å²) in [6.45, 7) is 7.83. The largest absolute Gasteiger partial charge is 0.384 e. The Labute approximate surface area is 102 Å². The Kier molecular flexibility index (Phi) is 4.78. The minimum Gasteiger partial charge on any atom is -0.384 e. The average molecular weight is 237 g/mol. The second kappa shape index (κ2) is 5.88. The summed E-state index contributed by atoms with van der Waals surface area (Å²) in [5, 5.41) is 10.9. The van der Waals surface area contributed by atoms with Crippen molar-refractivity contribution in [1.29, 1.82) is 0 Å². The van der Waals surface area contributed by atoms with Crippen molar-refractivity contribution >= 4 is 11.6 Å². The predicted molar refractivity (Wildman–Crippen MR) is 69.6 cm³/mol. The molecule has 1 aromatic carbocycles. The second-order valence-electron chi connectivity index (χ2n) is 3.80. The van der Waals surface area contributed by atoms with Gasteiger partial charge in [0.05, 0.1) is 0 Å². The van der Waals surface area contributed by atoms with Crippen LogP contribution in [0.4, 0.5) is 0 Å². The van der Waals surface area contributed by atoms with Gasteiger partial charge in [0.15, 0.2) is 0 Å². The number of hydrogen-bond acceptors (Lipinski definition) is 1. The number of aliphatic hydroxyl groups is 1. The molecule has 16 heavy (non-hydrogen) atoms. The lowest BCUT2D eigenvalue weighted by Gasteiger charge is -2.15. The molecule has 0 unspecified atom stereocenters. The van der Waals surface area contributed by atoms with E-state index in [0.29, 0.717) is 5.02 Å². The Balaban J connectivity index is 2.99. The van der Waals surface area contributed by atoms with Crippen LogP contribution in [0.2, 0.25) is 5.02 Å². The number of allylic oxidation sites excluding steroid dienone is 1. The molecule has 0 aliphatic heterocycles. The van der Waals surface area contributed by atoms with E-state index in [1.54, 1.807) is 12.1 Å². The summed E-state index contributed by atoms with van der Waals surface area (Å²) in [5.74, 6) is 0. The summed E-state index contributed by atoms with van der Waals surface area (Å²) in [4.78, 5) is 0. The number of rotatable bonds is 4. The first-order chi connectivity index (χ1) is 7.56. The van der Waals surface area contributed by atoms with Gasteiger partial charge in [-0.05, 0) is 36.6 Å². The molecule has 0 aliphatic carbocycles. The Hall–Kier alpha value is -1.05. The Morgan fingerprint density at radius 3 is 2.44 bits per heavy atom. The van der Waals surface area contributed by atoms with Crippen LogP contribution in [-0.2, 0) is 0 Å². The minimum absolute atomic E-state index is 0.616. The number of aliphatic hydroxyl groups excluding tert-OH is 1. The van der Waals surface area contributed by atoms with Crippen molar-refractivity contribution in [3.05, 3.63) is 58.7 Å². The van der Waals surface area contributed by atoms with Gasteiger partial charge in [-0.1, -0.05) is 48.9 Å². The molecule has 0 heterocycles. The van der Waals surface area contributed by atoms with Crippen molar-refractivity contribution in [2.75, 3.05) is 0 Å². The molecule has 1 atom stereocenters. The summed E-state index contributed by atoms with van der Waals surface area (Å²) in [6, 6.07) is 7.23. The van der Waals surface area contributed by atoms with Gasteiger partial charge < -0.3 is 5.11 Å². The maximum atomic E-state index is 10.2. The molecule has 1 rings (SSSR count). The molecule has 1 aromatic rings. The van der Waals surface area contributed by atoms with Gasteiger partial charge >= 0.3 is 0 Å². The molecule has 86 valence electrons. The highest BCUT2D eigenvalue weighted by Crippen LogP contribution is 2.27. The fraction of sp³-hybridized carbons (Fsp3) is 0.286. The Bertz CT molecular complexity index is 390. The van der Waals surface area contributed by atoms with Crippen molar-refractivity contribution in [1.82, 2.24) is 0 Å². The predicted octanol–water partition coefficient (Wildman–Crippen LogP) is 4.29.